The van der Waals surface area contributed by atoms with Crippen LogP contribution in [0.4, 0.5) is 5.82 Å². The molecule has 7 heteroatoms. The highest BCUT2D eigenvalue weighted by Gasteiger charge is 2.13. The molecule has 0 fully saturated rings. The van der Waals surface area contributed by atoms with Gasteiger partial charge >= 0.3 is 0 Å². The maximum absolute atomic E-state index is 12.4. The van der Waals surface area contributed by atoms with Crippen LogP contribution in [0.1, 0.15) is 27.2 Å². The molecular weight excluding hydrogens is 356 g/mol. The molecule has 2 aromatic carbocycles. The van der Waals surface area contributed by atoms with Crippen LogP contribution in [-0.4, -0.2) is 22.7 Å². The highest BCUT2D eigenvalue weighted by Crippen LogP contribution is 2.32. The molecule has 0 saturated heterocycles. The van der Waals surface area contributed by atoms with Crippen LogP contribution in [0.25, 0.3) is 0 Å². The fourth-order valence-electron chi connectivity index (χ4n) is 2.90. The van der Waals surface area contributed by atoms with Crippen LogP contribution >= 0.6 is 0 Å². The number of hydrogen-bond donors (Lipinski definition) is 2. The van der Waals surface area contributed by atoms with E-state index >= 15 is 0 Å². The Morgan fingerprint density at radius 3 is 2.79 bits per heavy atom. The van der Waals surface area contributed by atoms with Crippen molar-refractivity contribution < 1.29 is 14.3 Å². The second kappa shape index (κ2) is 7.96. The van der Waals surface area contributed by atoms with Crippen LogP contribution in [0.15, 0.2) is 54.9 Å². The molecule has 4 rings (SSSR count). The van der Waals surface area contributed by atoms with Gasteiger partial charge in [0.1, 0.15) is 17.8 Å². The van der Waals surface area contributed by atoms with E-state index in [1.807, 2.05) is 49.4 Å². The predicted molar refractivity (Wildman–Crippen MR) is 104 cm³/mol. The summed E-state index contributed by atoms with van der Waals surface area (Å²) < 4.78 is 10.7. The number of benzene rings is 2. The van der Waals surface area contributed by atoms with Gasteiger partial charge in [-0.2, -0.15) is 0 Å². The fourth-order valence-corrected chi connectivity index (χ4v) is 2.90. The summed E-state index contributed by atoms with van der Waals surface area (Å²) in [6.45, 7) is 3.26. The van der Waals surface area contributed by atoms with Crippen molar-refractivity contribution in [2.75, 3.05) is 12.1 Å². The first kappa shape index (κ1) is 17.8. The molecule has 142 valence electrons. The second-order valence-electron chi connectivity index (χ2n) is 6.44. The zero-order chi connectivity index (χ0) is 19.3. The van der Waals surface area contributed by atoms with Gasteiger partial charge in [0.15, 0.2) is 11.5 Å². The van der Waals surface area contributed by atoms with Crippen LogP contribution in [0, 0.1) is 6.92 Å². The van der Waals surface area contributed by atoms with Gasteiger partial charge in [-0.05, 0) is 35.7 Å². The molecule has 0 unspecified atom stereocenters. The second-order valence-corrected chi connectivity index (χ2v) is 6.44. The van der Waals surface area contributed by atoms with E-state index in [0.717, 1.165) is 28.2 Å². The molecule has 0 radical (unpaired) electrons. The molecule has 0 aliphatic carbocycles. The largest absolute Gasteiger partial charge is 0.454 e. The number of carbonyl (C=O) groups is 1. The van der Waals surface area contributed by atoms with E-state index in [0.29, 0.717) is 24.6 Å². The van der Waals surface area contributed by atoms with E-state index in [1.165, 1.54) is 6.33 Å². The average Bonchev–Trinajstić information content (AvgIpc) is 3.19. The molecule has 2 heterocycles. The molecule has 7 nitrogen and oxygen atoms in total. The van der Waals surface area contributed by atoms with Gasteiger partial charge in [0.25, 0.3) is 5.91 Å². The Morgan fingerprint density at radius 1 is 1.04 bits per heavy atom. The van der Waals surface area contributed by atoms with Crippen molar-refractivity contribution in [1.29, 1.82) is 0 Å². The third-order valence-electron chi connectivity index (χ3n) is 4.51. The number of nitrogens with one attached hydrogen (secondary N) is 2. The van der Waals surface area contributed by atoms with E-state index in [9.17, 15) is 4.79 Å². The zero-order valence-electron chi connectivity index (χ0n) is 15.4. The van der Waals surface area contributed by atoms with Gasteiger partial charge in [-0.3, -0.25) is 4.79 Å². The number of anilines is 1. The van der Waals surface area contributed by atoms with Crippen LogP contribution in [0.3, 0.4) is 0 Å². The van der Waals surface area contributed by atoms with Crippen LogP contribution in [0.2, 0.25) is 0 Å². The Balaban J connectivity index is 1.37. The van der Waals surface area contributed by atoms with Crippen molar-refractivity contribution in [3.63, 3.8) is 0 Å². The molecule has 0 spiro atoms. The van der Waals surface area contributed by atoms with E-state index in [2.05, 4.69) is 20.6 Å². The lowest BCUT2D eigenvalue weighted by Gasteiger charge is -2.09. The topological polar surface area (TPSA) is 85.4 Å². The summed E-state index contributed by atoms with van der Waals surface area (Å²) in [5, 5.41) is 6.10. The summed E-state index contributed by atoms with van der Waals surface area (Å²) in [6.07, 6.45) is 1.38. The van der Waals surface area contributed by atoms with E-state index in [1.54, 1.807) is 6.07 Å². The predicted octanol–water partition coefficient (Wildman–Crippen LogP) is 3.06. The number of aromatic nitrogens is 2. The maximum Gasteiger partial charge on any atom is 0.270 e. The number of amides is 1. The number of fused-ring (bicyclic) bond motifs is 1. The normalized spacial score (nSPS) is 11.9. The fraction of sp³-hybridized carbons (Fsp3) is 0.190. The molecule has 0 bridgehead atoms. The molecule has 1 aliphatic heterocycles. The Hall–Kier alpha value is -3.61. The minimum Gasteiger partial charge on any atom is -0.454 e. The number of aryl methyl sites for hydroxylation is 1. The molecule has 0 atom stereocenters. The first-order chi connectivity index (χ1) is 13.7. The Morgan fingerprint density at radius 2 is 1.89 bits per heavy atom. The average molecular weight is 376 g/mol. The molecule has 1 amide bonds. The van der Waals surface area contributed by atoms with Crippen molar-refractivity contribution in [2.24, 2.45) is 0 Å². The number of hydrogen-bond acceptors (Lipinski definition) is 6. The standard InChI is InChI=1S/C21H20N4O3/c1-14-4-2-3-5-16(14)11-23-21(26)17-9-20(25-12-24-17)22-10-15-6-7-18-19(8-15)28-13-27-18/h2-9,12H,10-11,13H2,1H3,(H,23,26)(H,22,24,25). The van der Waals surface area contributed by atoms with Gasteiger partial charge in [-0.25, -0.2) is 9.97 Å². The minimum absolute atomic E-state index is 0.239. The summed E-state index contributed by atoms with van der Waals surface area (Å²) in [6, 6.07) is 15.3. The zero-order valence-corrected chi connectivity index (χ0v) is 15.4. The number of rotatable bonds is 6. The molecular formula is C21H20N4O3. The van der Waals surface area contributed by atoms with Crippen LogP contribution < -0.4 is 20.1 Å². The highest BCUT2D eigenvalue weighted by molar-refractivity contribution is 5.92. The Kier molecular flexibility index (Phi) is 5.05. The molecule has 1 aliphatic rings. The first-order valence-corrected chi connectivity index (χ1v) is 8.96. The van der Waals surface area contributed by atoms with Gasteiger partial charge in [0.05, 0.1) is 0 Å². The van der Waals surface area contributed by atoms with Gasteiger partial charge in [-0.15, -0.1) is 0 Å². The van der Waals surface area contributed by atoms with Gasteiger partial charge in [-0.1, -0.05) is 30.3 Å². The van der Waals surface area contributed by atoms with Crippen molar-refractivity contribution in [2.45, 2.75) is 20.0 Å². The molecule has 3 aromatic rings. The lowest BCUT2D eigenvalue weighted by molar-refractivity contribution is 0.0945. The number of carbonyl (C=O) groups excluding carboxylic acids is 1. The third kappa shape index (κ3) is 4.03. The SMILES string of the molecule is Cc1ccccc1CNC(=O)c1cc(NCc2ccc3c(c2)OCO3)ncn1. The molecule has 1 aromatic heterocycles. The number of ether oxygens (including phenoxy) is 2. The third-order valence-corrected chi connectivity index (χ3v) is 4.51. The van der Waals surface area contributed by atoms with Crippen molar-refractivity contribution in [3.8, 4) is 11.5 Å². The number of nitrogens with zero attached hydrogens (tertiary/aromatic N) is 2. The monoisotopic (exact) mass is 376 g/mol. The van der Waals surface area contributed by atoms with E-state index < -0.39 is 0 Å². The van der Waals surface area contributed by atoms with E-state index in [-0.39, 0.29) is 12.7 Å². The molecule has 0 saturated carbocycles. The minimum atomic E-state index is -0.239. The quantitative estimate of drug-likeness (QED) is 0.688. The van der Waals surface area contributed by atoms with Crippen molar-refractivity contribution in [1.82, 2.24) is 15.3 Å². The van der Waals surface area contributed by atoms with Gasteiger partial charge < -0.3 is 20.1 Å². The first-order valence-electron chi connectivity index (χ1n) is 8.96. The van der Waals surface area contributed by atoms with E-state index in [4.69, 9.17) is 9.47 Å². The summed E-state index contributed by atoms with van der Waals surface area (Å²) in [5.41, 5.74) is 3.55. The summed E-state index contributed by atoms with van der Waals surface area (Å²) in [7, 11) is 0. The molecule has 28 heavy (non-hydrogen) atoms. The Labute approximate surface area is 162 Å². The highest BCUT2D eigenvalue weighted by atomic mass is 16.7. The lowest BCUT2D eigenvalue weighted by Crippen LogP contribution is -2.24. The summed E-state index contributed by atoms with van der Waals surface area (Å²) >= 11 is 0. The van der Waals surface area contributed by atoms with Gasteiger partial charge in [0, 0.05) is 19.2 Å². The van der Waals surface area contributed by atoms with Crippen molar-refractivity contribution in [3.05, 3.63) is 77.2 Å². The van der Waals surface area contributed by atoms with Crippen LogP contribution in [-0.2, 0) is 13.1 Å². The molecule has 2 N–H and O–H groups in total. The Bertz CT molecular complexity index is 1010. The lowest BCUT2D eigenvalue weighted by atomic mass is 10.1. The van der Waals surface area contributed by atoms with Crippen LogP contribution in [0.5, 0.6) is 11.5 Å². The van der Waals surface area contributed by atoms with Crippen molar-refractivity contribution >= 4 is 11.7 Å². The maximum atomic E-state index is 12.4. The smallest absolute Gasteiger partial charge is 0.270 e. The van der Waals surface area contributed by atoms with Gasteiger partial charge in [0.2, 0.25) is 6.79 Å². The summed E-state index contributed by atoms with van der Waals surface area (Å²) in [5.74, 6) is 1.82. The summed E-state index contributed by atoms with van der Waals surface area (Å²) in [4.78, 5) is 20.7.